The number of amides is 1. The highest BCUT2D eigenvalue weighted by atomic mass is 16.5. The van der Waals surface area contributed by atoms with E-state index in [0.717, 1.165) is 5.56 Å². The van der Waals surface area contributed by atoms with Gasteiger partial charge in [0.1, 0.15) is 5.75 Å². The van der Waals surface area contributed by atoms with Crippen LogP contribution in [0.15, 0.2) is 29.4 Å². The Morgan fingerprint density at radius 2 is 2.24 bits per heavy atom. The summed E-state index contributed by atoms with van der Waals surface area (Å²) in [6.07, 6.45) is 0.183. The van der Waals surface area contributed by atoms with Crippen LogP contribution in [0.3, 0.4) is 0 Å². The summed E-state index contributed by atoms with van der Waals surface area (Å²) in [6, 6.07) is 7.25. The zero-order valence-corrected chi connectivity index (χ0v) is 9.51. The lowest BCUT2D eigenvalue weighted by Crippen LogP contribution is -2.34. The molecule has 1 rings (SSSR count). The maximum absolute atomic E-state index is 11.5. The van der Waals surface area contributed by atoms with Crippen LogP contribution in [0.25, 0.3) is 0 Å². The summed E-state index contributed by atoms with van der Waals surface area (Å²) in [4.78, 5) is 11.5. The van der Waals surface area contributed by atoms with Crippen LogP contribution in [-0.2, 0) is 11.2 Å². The van der Waals surface area contributed by atoms with Gasteiger partial charge < -0.3 is 21.0 Å². The Kier molecular flexibility index (Phi) is 4.80. The van der Waals surface area contributed by atoms with Crippen molar-refractivity contribution in [1.29, 1.82) is 0 Å². The average Bonchev–Trinajstić information content (AvgIpc) is 2.36. The van der Waals surface area contributed by atoms with Crippen molar-refractivity contribution < 1.29 is 14.7 Å². The van der Waals surface area contributed by atoms with Gasteiger partial charge in [0.15, 0.2) is 5.84 Å². The number of hydrogen-bond acceptors (Lipinski definition) is 4. The monoisotopic (exact) mass is 237 g/mol. The number of oxime groups is 1. The van der Waals surface area contributed by atoms with Gasteiger partial charge in [-0.1, -0.05) is 23.4 Å². The number of nitrogens with two attached hydrogens (primary N) is 1. The number of ether oxygens (including phenoxy) is 1. The highest BCUT2D eigenvalue weighted by Crippen LogP contribution is 2.17. The second kappa shape index (κ2) is 6.37. The van der Waals surface area contributed by atoms with Crippen molar-refractivity contribution in [2.45, 2.75) is 6.42 Å². The zero-order valence-electron chi connectivity index (χ0n) is 9.51. The fraction of sp³-hybridized carbons (Fsp3) is 0.273. The minimum atomic E-state index is -0.221. The number of benzene rings is 1. The molecule has 1 amide bonds. The van der Waals surface area contributed by atoms with E-state index in [1.807, 2.05) is 18.2 Å². The van der Waals surface area contributed by atoms with Gasteiger partial charge in [0.05, 0.1) is 20.1 Å². The summed E-state index contributed by atoms with van der Waals surface area (Å²) >= 11 is 0. The molecular weight excluding hydrogens is 222 g/mol. The first kappa shape index (κ1) is 12.8. The van der Waals surface area contributed by atoms with E-state index in [2.05, 4.69) is 10.5 Å². The number of nitrogens with zero attached hydrogens (tertiary/aromatic N) is 1. The number of rotatable bonds is 5. The molecule has 0 fully saturated rings. The molecule has 0 aliphatic carbocycles. The van der Waals surface area contributed by atoms with Crippen molar-refractivity contribution in [2.24, 2.45) is 10.9 Å². The molecule has 4 N–H and O–H groups in total. The van der Waals surface area contributed by atoms with Crippen molar-refractivity contribution in [3.8, 4) is 5.75 Å². The predicted octanol–water partition coefficient (Wildman–Crippen LogP) is 0.100. The third-order valence-corrected chi connectivity index (χ3v) is 2.14. The van der Waals surface area contributed by atoms with Gasteiger partial charge in [0, 0.05) is 5.56 Å². The third-order valence-electron chi connectivity index (χ3n) is 2.14. The fourth-order valence-electron chi connectivity index (χ4n) is 1.31. The van der Waals surface area contributed by atoms with E-state index in [4.69, 9.17) is 15.7 Å². The van der Waals surface area contributed by atoms with Crippen molar-refractivity contribution in [2.75, 3.05) is 13.7 Å². The first-order valence-corrected chi connectivity index (χ1v) is 5.02. The van der Waals surface area contributed by atoms with Crippen LogP contribution in [-0.4, -0.2) is 30.6 Å². The molecule has 0 aliphatic rings. The van der Waals surface area contributed by atoms with E-state index in [1.165, 1.54) is 0 Å². The molecule has 0 saturated carbocycles. The van der Waals surface area contributed by atoms with E-state index in [0.29, 0.717) is 5.75 Å². The molecule has 0 aliphatic heterocycles. The molecule has 0 saturated heterocycles. The third kappa shape index (κ3) is 4.02. The summed E-state index contributed by atoms with van der Waals surface area (Å²) in [5, 5.41) is 13.6. The van der Waals surface area contributed by atoms with Crippen LogP contribution in [0.4, 0.5) is 0 Å². The Morgan fingerprint density at radius 3 is 2.88 bits per heavy atom. The molecule has 0 spiro atoms. The molecule has 0 atom stereocenters. The lowest BCUT2D eigenvalue weighted by molar-refractivity contribution is -0.120. The minimum absolute atomic E-state index is 0.0183. The molecule has 0 bridgehead atoms. The minimum Gasteiger partial charge on any atom is -0.496 e. The van der Waals surface area contributed by atoms with E-state index in [-0.39, 0.29) is 24.7 Å². The summed E-state index contributed by atoms with van der Waals surface area (Å²) in [6.45, 7) is 0.0183. The average molecular weight is 237 g/mol. The first-order valence-electron chi connectivity index (χ1n) is 5.02. The lowest BCUT2D eigenvalue weighted by Gasteiger charge is -2.08. The van der Waals surface area contributed by atoms with Crippen molar-refractivity contribution in [3.63, 3.8) is 0 Å². The van der Waals surface area contributed by atoms with Crippen molar-refractivity contribution in [3.05, 3.63) is 29.8 Å². The Morgan fingerprint density at radius 1 is 1.53 bits per heavy atom. The Bertz CT molecular complexity index is 418. The largest absolute Gasteiger partial charge is 0.496 e. The fourth-order valence-corrected chi connectivity index (χ4v) is 1.31. The van der Waals surface area contributed by atoms with E-state index < -0.39 is 0 Å². The Labute approximate surface area is 99.1 Å². The molecule has 17 heavy (non-hydrogen) atoms. The first-order chi connectivity index (χ1) is 8.17. The summed E-state index contributed by atoms with van der Waals surface area (Å²) in [5.74, 6) is 0.394. The van der Waals surface area contributed by atoms with Gasteiger partial charge in [0.25, 0.3) is 0 Å². The highest BCUT2D eigenvalue weighted by molar-refractivity contribution is 5.87. The van der Waals surface area contributed by atoms with Gasteiger partial charge >= 0.3 is 0 Å². The van der Waals surface area contributed by atoms with Gasteiger partial charge in [-0.05, 0) is 6.07 Å². The van der Waals surface area contributed by atoms with Crippen molar-refractivity contribution in [1.82, 2.24) is 5.32 Å². The number of para-hydroxylation sites is 1. The smallest absolute Gasteiger partial charge is 0.224 e. The topological polar surface area (TPSA) is 96.9 Å². The van der Waals surface area contributed by atoms with Gasteiger partial charge in [-0.15, -0.1) is 0 Å². The number of methoxy groups -OCH3 is 1. The maximum atomic E-state index is 11.5. The molecule has 1 aromatic rings. The van der Waals surface area contributed by atoms with Gasteiger partial charge in [-0.2, -0.15) is 0 Å². The molecule has 0 heterocycles. The number of amidine groups is 1. The molecule has 6 nitrogen and oxygen atoms in total. The van der Waals surface area contributed by atoms with E-state index >= 15 is 0 Å². The lowest BCUT2D eigenvalue weighted by atomic mass is 10.1. The summed E-state index contributed by atoms with van der Waals surface area (Å²) < 4.78 is 5.12. The summed E-state index contributed by atoms with van der Waals surface area (Å²) in [5.41, 5.74) is 6.02. The van der Waals surface area contributed by atoms with Crippen LogP contribution in [0.5, 0.6) is 5.75 Å². The van der Waals surface area contributed by atoms with Crippen LogP contribution >= 0.6 is 0 Å². The number of nitrogens with one attached hydrogen (secondary N) is 1. The molecular formula is C11H15N3O3. The normalized spacial score (nSPS) is 11.0. The summed E-state index contributed by atoms with van der Waals surface area (Å²) in [7, 11) is 1.55. The van der Waals surface area contributed by atoms with E-state index in [9.17, 15) is 4.79 Å². The van der Waals surface area contributed by atoms with Gasteiger partial charge in [0.2, 0.25) is 5.91 Å². The second-order valence-electron chi connectivity index (χ2n) is 3.36. The van der Waals surface area contributed by atoms with Gasteiger partial charge in [-0.25, -0.2) is 0 Å². The molecule has 6 heteroatoms. The zero-order chi connectivity index (χ0) is 12.7. The number of carbonyl (C=O) groups excluding carboxylic acids is 1. The van der Waals surface area contributed by atoms with E-state index in [1.54, 1.807) is 13.2 Å². The highest BCUT2D eigenvalue weighted by Gasteiger charge is 2.08. The van der Waals surface area contributed by atoms with Crippen LogP contribution < -0.4 is 15.8 Å². The second-order valence-corrected chi connectivity index (χ2v) is 3.36. The number of carbonyl (C=O) groups is 1. The molecule has 0 radical (unpaired) electrons. The van der Waals surface area contributed by atoms with Crippen LogP contribution in [0, 0.1) is 0 Å². The maximum Gasteiger partial charge on any atom is 0.224 e. The Hall–Kier alpha value is -2.24. The molecule has 92 valence electrons. The standard InChI is InChI=1S/C11H15N3O3/c1-17-9-5-3-2-4-8(9)6-11(15)13-7-10(12)14-16/h2-5,16H,6-7H2,1H3,(H2,12,14)(H,13,15). The molecule has 1 aromatic carbocycles. The van der Waals surface area contributed by atoms with Gasteiger partial charge in [-0.3, -0.25) is 4.79 Å². The van der Waals surface area contributed by atoms with Crippen LogP contribution in [0.2, 0.25) is 0 Å². The predicted molar refractivity (Wildman–Crippen MR) is 63.1 cm³/mol. The molecule has 0 unspecified atom stereocenters. The Balaban J connectivity index is 2.56. The molecule has 0 aromatic heterocycles. The van der Waals surface area contributed by atoms with Crippen LogP contribution in [0.1, 0.15) is 5.56 Å². The van der Waals surface area contributed by atoms with Crippen molar-refractivity contribution >= 4 is 11.7 Å². The quantitative estimate of drug-likeness (QED) is 0.293. The number of hydrogen-bond donors (Lipinski definition) is 3. The SMILES string of the molecule is COc1ccccc1CC(=O)NC/C(N)=N/O.